The van der Waals surface area contributed by atoms with E-state index in [-0.39, 0.29) is 30.2 Å². The summed E-state index contributed by atoms with van der Waals surface area (Å²) >= 11 is 0. The number of nitrogens with zero attached hydrogens (tertiary/aromatic N) is 1. The van der Waals surface area contributed by atoms with Crippen molar-refractivity contribution in [1.29, 1.82) is 0 Å². The highest BCUT2D eigenvalue weighted by atomic mass is 16.5. The molecule has 1 fully saturated rings. The molecule has 1 aromatic carbocycles. The highest BCUT2D eigenvalue weighted by Crippen LogP contribution is 2.22. The molecule has 6 nitrogen and oxygen atoms in total. The SMILES string of the molecule is COC(=O)CC(C)NC(=O)c1cccc(N2CCCC2=O)c1. The van der Waals surface area contributed by atoms with Crippen LogP contribution in [0.5, 0.6) is 0 Å². The lowest BCUT2D eigenvalue weighted by molar-refractivity contribution is -0.141. The van der Waals surface area contributed by atoms with Crippen LogP contribution in [-0.2, 0) is 14.3 Å². The fraction of sp³-hybridized carbons (Fsp3) is 0.438. The lowest BCUT2D eigenvalue weighted by Crippen LogP contribution is -2.34. The van der Waals surface area contributed by atoms with Gasteiger partial charge in [-0.05, 0) is 31.5 Å². The van der Waals surface area contributed by atoms with Gasteiger partial charge in [0.1, 0.15) is 0 Å². The minimum Gasteiger partial charge on any atom is -0.469 e. The Hall–Kier alpha value is -2.37. The molecule has 2 amide bonds. The van der Waals surface area contributed by atoms with Crippen LogP contribution in [0.1, 0.15) is 36.5 Å². The number of nitrogens with one attached hydrogen (secondary N) is 1. The molecule has 0 aromatic heterocycles. The first-order chi connectivity index (χ1) is 10.5. The van der Waals surface area contributed by atoms with Gasteiger partial charge in [0.2, 0.25) is 5.91 Å². The molecule has 1 saturated heterocycles. The number of amides is 2. The van der Waals surface area contributed by atoms with Crippen LogP contribution in [0.3, 0.4) is 0 Å². The Labute approximate surface area is 129 Å². The standard InChI is InChI=1S/C16H20N2O4/c1-11(9-15(20)22-2)17-16(21)12-5-3-6-13(10-12)18-8-4-7-14(18)19/h3,5-6,10-11H,4,7-9H2,1-2H3,(H,17,21). The van der Waals surface area contributed by atoms with Crippen molar-refractivity contribution >= 4 is 23.5 Å². The number of hydrogen-bond donors (Lipinski definition) is 1. The topological polar surface area (TPSA) is 75.7 Å². The van der Waals surface area contributed by atoms with Crippen LogP contribution in [0.25, 0.3) is 0 Å². The van der Waals surface area contributed by atoms with Crippen LogP contribution in [0, 0.1) is 0 Å². The minimum atomic E-state index is -0.371. The number of rotatable bonds is 5. The van der Waals surface area contributed by atoms with Gasteiger partial charge in [-0.15, -0.1) is 0 Å². The Morgan fingerprint density at radius 3 is 2.82 bits per heavy atom. The van der Waals surface area contributed by atoms with E-state index in [0.717, 1.165) is 12.1 Å². The van der Waals surface area contributed by atoms with Gasteiger partial charge in [0, 0.05) is 30.3 Å². The maximum Gasteiger partial charge on any atom is 0.307 e. The molecule has 118 valence electrons. The molecule has 0 radical (unpaired) electrons. The molecule has 0 spiro atoms. The second-order valence-corrected chi connectivity index (χ2v) is 5.35. The largest absolute Gasteiger partial charge is 0.469 e. The van der Waals surface area contributed by atoms with Crippen molar-refractivity contribution in [2.75, 3.05) is 18.6 Å². The summed E-state index contributed by atoms with van der Waals surface area (Å²) in [4.78, 5) is 36.8. The molecule has 1 aromatic rings. The zero-order valence-corrected chi connectivity index (χ0v) is 12.8. The van der Waals surface area contributed by atoms with Crippen molar-refractivity contribution in [1.82, 2.24) is 5.32 Å². The maximum atomic E-state index is 12.2. The van der Waals surface area contributed by atoms with Crippen LogP contribution in [-0.4, -0.2) is 37.5 Å². The number of ether oxygens (including phenoxy) is 1. The van der Waals surface area contributed by atoms with Crippen molar-refractivity contribution < 1.29 is 19.1 Å². The van der Waals surface area contributed by atoms with E-state index >= 15 is 0 Å². The predicted molar refractivity (Wildman–Crippen MR) is 81.6 cm³/mol. The van der Waals surface area contributed by atoms with Crippen LogP contribution < -0.4 is 10.2 Å². The molecule has 1 N–H and O–H groups in total. The Morgan fingerprint density at radius 1 is 1.41 bits per heavy atom. The number of esters is 1. The maximum absolute atomic E-state index is 12.2. The monoisotopic (exact) mass is 304 g/mol. The molecule has 0 aliphatic carbocycles. The minimum absolute atomic E-state index is 0.0802. The molecule has 1 heterocycles. The van der Waals surface area contributed by atoms with Gasteiger partial charge in [-0.2, -0.15) is 0 Å². The Bertz CT molecular complexity index is 585. The zero-order valence-electron chi connectivity index (χ0n) is 12.8. The molecule has 2 rings (SSSR count). The molecule has 1 aliphatic heterocycles. The summed E-state index contributed by atoms with van der Waals surface area (Å²) in [5.74, 6) is -0.564. The van der Waals surface area contributed by atoms with E-state index in [1.54, 1.807) is 30.0 Å². The van der Waals surface area contributed by atoms with E-state index in [1.165, 1.54) is 7.11 Å². The summed E-state index contributed by atoms with van der Waals surface area (Å²) in [5, 5.41) is 2.75. The van der Waals surface area contributed by atoms with Crippen molar-refractivity contribution in [3.63, 3.8) is 0 Å². The molecule has 1 atom stereocenters. The molecular weight excluding hydrogens is 284 g/mol. The number of methoxy groups -OCH3 is 1. The number of carbonyl (C=O) groups excluding carboxylic acids is 3. The van der Waals surface area contributed by atoms with Crippen molar-refractivity contribution in [2.45, 2.75) is 32.2 Å². The van der Waals surface area contributed by atoms with Gasteiger partial charge in [-0.1, -0.05) is 6.07 Å². The second kappa shape index (κ2) is 7.06. The van der Waals surface area contributed by atoms with Gasteiger partial charge in [0.15, 0.2) is 0 Å². The van der Waals surface area contributed by atoms with E-state index in [1.807, 2.05) is 6.07 Å². The van der Waals surface area contributed by atoms with Gasteiger partial charge in [0.25, 0.3) is 5.91 Å². The number of carbonyl (C=O) groups is 3. The average Bonchev–Trinajstić information content (AvgIpc) is 2.93. The summed E-state index contributed by atoms with van der Waals surface area (Å²) < 4.78 is 4.57. The third-order valence-corrected chi connectivity index (χ3v) is 3.57. The number of anilines is 1. The van der Waals surface area contributed by atoms with Crippen molar-refractivity contribution in [3.8, 4) is 0 Å². The fourth-order valence-corrected chi connectivity index (χ4v) is 2.43. The summed E-state index contributed by atoms with van der Waals surface area (Å²) in [5.41, 5.74) is 1.20. The van der Waals surface area contributed by atoms with E-state index in [4.69, 9.17) is 0 Å². The summed E-state index contributed by atoms with van der Waals surface area (Å²) in [6, 6.07) is 6.63. The lowest BCUT2D eigenvalue weighted by Gasteiger charge is -2.17. The quantitative estimate of drug-likeness (QED) is 0.836. The van der Waals surface area contributed by atoms with E-state index in [0.29, 0.717) is 18.5 Å². The first-order valence-corrected chi connectivity index (χ1v) is 7.29. The summed E-state index contributed by atoms with van der Waals surface area (Å²) in [7, 11) is 1.31. The normalized spacial score (nSPS) is 15.5. The van der Waals surface area contributed by atoms with Gasteiger partial charge >= 0.3 is 5.97 Å². The zero-order chi connectivity index (χ0) is 16.1. The molecule has 1 aliphatic rings. The smallest absolute Gasteiger partial charge is 0.307 e. The molecule has 22 heavy (non-hydrogen) atoms. The van der Waals surface area contributed by atoms with Crippen LogP contribution in [0.4, 0.5) is 5.69 Å². The van der Waals surface area contributed by atoms with E-state index in [2.05, 4.69) is 10.1 Å². The summed E-state index contributed by atoms with van der Waals surface area (Å²) in [6.07, 6.45) is 1.50. The van der Waals surface area contributed by atoms with Crippen LogP contribution in [0.2, 0.25) is 0 Å². The number of hydrogen-bond acceptors (Lipinski definition) is 4. The molecule has 0 saturated carbocycles. The molecule has 6 heteroatoms. The Morgan fingerprint density at radius 2 is 2.18 bits per heavy atom. The highest BCUT2D eigenvalue weighted by Gasteiger charge is 2.22. The highest BCUT2D eigenvalue weighted by molar-refractivity contribution is 5.99. The van der Waals surface area contributed by atoms with Gasteiger partial charge in [-0.3, -0.25) is 14.4 Å². The third kappa shape index (κ3) is 3.84. The lowest BCUT2D eigenvalue weighted by atomic mass is 10.1. The fourth-order valence-electron chi connectivity index (χ4n) is 2.43. The first kappa shape index (κ1) is 16.0. The first-order valence-electron chi connectivity index (χ1n) is 7.29. The van der Waals surface area contributed by atoms with Gasteiger partial charge in [-0.25, -0.2) is 0 Å². The van der Waals surface area contributed by atoms with E-state index < -0.39 is 0 Å². The summed E-state index contributed by atoms with van der Waals surface area (Å²) in [6.45, 7) is 2.42. The van der Waals surface area contributed by atoms with Crippen molar-refractivity contribution in [2.24, 2.45) is 0 Å². The third-order valence-electron chi connectivity index (χ3n) is 3.57. The van der Waals surface area contributed by atoms with Crippen LogP contribution >= 0.6 is 0 Å². The second-order valence-electron chi connectivity index (χ2n) is 5.35. The Kier molecular flexibility index (Phi) is 5.14. The van der Waals surface area contributed by atoms with Gasteiger partial charge in [0.05, 0.1) is 13.5 Å². The predicted octanol–water partition coefficient (Wildman–Crippen LogP) is 1.49. The van der Waals surface area contributed by atoms with E-state index in [9.17, 15) is 14.4 Å². The molecule has 1 unspecified atom stereocenters. The molecule has 0 bridgehead atoms. The van der Waals surface area contributed by atoms with Gasteiger partial charge < -0.3 is 15.0 Å². The number of benzene rings is 1. The Balaban J connectivity index is 2.04. The van der Waals surface area contributed by atoms with Crippen LogP contribution in [0.15, 0.2) is 24.3 Å². The van der Waals surface area contributed by atoms with Crippen molar-refractivity contribution in [3.05, 3.63) is 29.8 Å². The molecular formula is C16H20N2O4. The average molecular weight is 304 g/mol.